The van der Waals surface area contributed by atoms with Crippen molar-refractivity contribution in [3.8, 4) is 5.75 Å². The van der Waals surface area contributed by atoms with Gasteiger partial charge in [-0.2, -0.15) is 0 Å². The van der Waals surface area contributed by atoms with E-state index in [0.717, 1.165) is 29.8 Å². The number of rotatable bonds is 4. The summed E-state index contributed by atoms with van der Waals surface area (Å²) in [5, 5.41) is 0. The lowest BCUT2D eigenvalue weighted by Crippen LogP contribution is -2.25. The Morgan fingerprint density at radius 1 is 1.15 bits per heavy atom. The number of carbonyl (C=O) groups is 1. The second-order valence-corrected chi connectivity index (χ2v) is 7.57. The zero-order valence-corrected chi connectivity index (χ0v) is 14.9. The Labute approximate surface area is 153 Å². The molecule has 3 rings (SSSR count). The topological polar surface area (TPSA) is 75.7 Å². The van der Waals surface area contributed by atoms with Crippen LogP contribution >= 0.6 is 0 Å². The SMILES string of the molecule is CC(=O)N1CCc2ccc(NS(=O)(=O)c3ccc(OC(F)(F)F)cc3)cc21. The van der Waals surface area contributed by atoms with Gasteiger partial charge in [-0.1, -0.05) is 6.07 Å². The van der Waals surface area contributed by atoms with Crippen LogP contribution in [0.2, 0.25) is 0 Å². The first kappa shape index (κ1) is 19.0. The molecule has 0 unspecified atom stereocenters. The third kappa shape index (κ3) is 4.33. The van der Waals surface area contributed by atoms with E-state index in [1.54, 1.807) is 23.1 Å². The zero-order valence-electron chi connectivity index (χ0n) is 14.1. The molecule has 6 nitrogen and oxygen atoms in total. The van der Waals surface area contributed by atoms with Gasteiger partial charge in [0.1, 0.15) is 5.75 Å². The molecule has 27 heavy (non-hydrogen) atoms. The van der Waals surface area contributed by atoms with Crippen LogP contribution in [0, 0.1) is 0 Å². The minimum Gasteiger partial charge on any atom is -0.406 e. The average molecular weight is 400 g/mol. The predicted molar refractivity (Wildman–Crippen MR) is 92.1 cm³/mol. The van der Waals surface area contributed by atoms with Gasteiger partial charge in [0, 0.05) is 19.2 Å². The molecule has 0 aliphatic carbocycles. The maximum Gasteiger partial charge on any atom is 0.573 e. The lowest BCUT2D eigenvalue weighted by Gasteiger charge is -2.16. The smallest absolute Gasteiger partial charge is 0.406 e. The average Bonchev–Trinajstić information content (AvgIpc) is 2.97. The number of ether oxygens (including phenoxy) is 1. The number of fused-ring (bicyclic) bond motifs is 1. The molecule has 0 atom stereocenters. The van der Waals surface area contributed by atoms with Crippen LogP contribution in [0.15, 0.2) is 47.4 Å². The first-order valence-electron chi connectivity index (χ1n) is 7.85. The van der Waals surface area contributed by atoms with E-state index < -0.39 is 22.1 Å². The molecule has 2 aromatic rings. The summed E-state index contributed by atoms with van der Waals surface area (Å²) in [5.41, 5.74) is 1.82. The number of halogens is 3. The minimum atomic E-state index is -4.86. The van der Waals surface area contributed by atoms with Gasteiger partial charge in [0.25, 0.3) is 10.0 Å². The van der Waals surface area contributed by atoms with Gasteiger partial charge in [-0.25, -0.2) is 8.42 Å². The number of nitrogens with zero attached hydrogens (tertiary/aromatic N) is 1. The molecular weight excluding hydrogens is 385 g/mol. The summed E-state index contributed by atoms with van der Waals surface area (Å²) in [7, 11) is -4.02. The maximum absolute atomic E-state index is 12.5. The van der Waals surface area contributed by atoms with Crippen LogP contribution < -0.4 is 14.4 Å². The van der Waals surface area contributed by atoms with Crippen molar-refractivity contribution in [2.45, 2.75) is 24.6 Å². The molecule has 144 valence electrons. The van der Waals surface area contributed by atoms with E-state index in [9.17, 15) is 26.4 Å². The van der Waals surface area contributed by atoms with Crippen molar-refractivity contribution in [2.75, 3.05) is 16.2 Å². The molecule has 0 saturated carbocycles. The second-order valence-electron chi connectivity index (χ2n) is 5.89. The Balaban J connectivity index is 1.81. The van der Waals surface area contributed by atoms with Gasteiger partial charge in [-0.15, -0.1) is 13.2 Å². The Hall–Kier alpha value is -2.75. The number of benzene rings is 2. The first-order valence-corrected chi connectivity index (χ1v) is 9.33. The molecule has 1 aliphatic rings. The van der Waals surface area contributed by atoms with Gasteiger partial charge in [0.05, 0.1) is 10.6 Å². The minimum absolute atomic E-state index is 0.144. The first-order chi connectivity index (χ1) is 12.5. The second kappa shape index (κ2) is 6.76. The van der Waals surface area contributed by atoms with Crippen molar-refractivity contribution < 1.29 is 31.1 Å². The van der Waals surface area contributed by atoms with Crippen LogP contribution in [0.4, 0.5) is 24.5 Å². The van der Waals surface area contributed by atoms with Crippen molar-refractivity contribution in [1.82, 2.24) is 0 Å². The fourth-order valence-electron chi connectivity index (χ4n) is 2.80. The van der Waals surface area contributed by atoms with Crippen molar-refractivity contribution in [3.05, 3.63) is 48.0 Å². The van der Waals surface area contributed by atoms with Gasteiger partial charge in [0.2, 0.25) is 5.91 Å². The third-order valence-corrected chi connectivity index (χ3v) is 5.38. The predicted octanol–water partition coefficient (Wildman–Crippen LogP) is 3.30. The Morgan fingerprint density at radius 3 is 2.41 bits per heavy atom. The summed E-state index contributed by atoms with van der Waals surface area (Å²) in [4.78, 5) is 13.0. The molecule has 0 saturated heterocycles. The Kier molecular flexibility index (Phi) is 4.77. The summed E-state index contributed by atoms with van der Waals surface area (Å²) in [6, 6.07) is 8.72. The largest absolute Gasteiger partial charge is 0.573 e. The lowest BCUT2D eigenvalue weighted by atomic mass is 10.1. The molecule has 1 heterocycles. The van der Waals surface area contributed by atoms with Crippen LogP contribution in [0.3, 0.4) is 0 Å². The van der Waals surface area contributed by atoms with E-state index >= 15 is 0 Å². The van der Waals surface area contributed by atoms with E-state index in [2.05, 4.69) is 9.46 Å². The van der Waals surface area contributed by atoms with Crippen LogP contribution in [-0.4, -0.2) is 27.2 Å². The molecule has 1 aliphatic heterocycles. The monoisotopic (exact) mass is 400 g/mol. The third-order valence-electron chi connectivity index (χ3n) is 3.98. The number of hydrogen-bond donors (Lipinski definition) is 1. The van der Waals surface area contributed by atoms with Crippen molar-refractivity contribution in [1.29, 1.82) is 0 Å². The highest BCUT2D eigenvalue weighted by Crippen LogP contribution is 2.32. The van der Waals surface area contributed by atoms with Crippen molar-refractivity contribution in [2.24, 2.45) is 0 Å². The molecule has 0 spiro atoms. The number of carbonyl (C=O) groups excluding carboxylic acids is 1. The fraction of sp³-hybridized carbons (Fsp3) is 0.235. The molecule has 0 aromatic heterocycles. The van der Waals surface area contributed by atoms with Gasteiger partial charge in [-0.3, -0.25) is 9.52 Å². The number of nitrogens with one attached hydrogen (secondary N) is 1. The molecular formula is C17H15F3N2O4S. The number of hydrogen-bond acceptors (Lipinski definition) is 4. The van der Waals surface area contributed by atoms with Crippen LogP contribution in [0.5, 0.6) is 5.75 Å². The number of sulfonamides is 1. The van der Waals surface area contributed by atoms with E-state index in [4.69, 9.17) is 0 Å². The molecule has 0 fully saturated rings. The molecule has 1 N–H and O–H groups in total. The normalized spacial score (nSPS) is 14.0. The van der Waals surface area contributed by atoms with Gasteiger partial charge in [-0.05, 0) is 48.4 Å². The van der Waals surface area contributed by atoms with E-state index in [0.29, 0.717) is 18.7 Å². The molecule has 0 bridgehead atoms. The van der Waals surface area contributed by atoms with E-state index in [-0.39, 0.29) is 16.5 Å². The highest BCUT2D eigenvalue weighted by molar-refractivity contribution is 7.92. The Bertz CT molecular complexity index is 973. The molecule has 0 radical (unpaired) electrons. The number of alkyl halides is 3. The van der Waals surface area contributed by atoms with E-state index in [1.165, 1.54) is 6.92 Å². The summed E-state index contributed by atoms with van der Waals surface area (Å²) in [5.74, 6) is -0.662. The van der Waals surface area contributed by atoms with Gasteiger partial charge < -0.3 is 9.64 Å². The summed E-state index contributed by atoms with van der Waals surface area (Å²) < 4.78 is 67.5. The number of amides is 1. The summed E-state index contributed by atoms with van der Waals surface area (Å²) >= 11 is 0. The highest BCUT2D eigenvalue weighted by Gasteiger charge is 2.31. The van der Waals surface area contributed by atoms with E-state index in [1.807, 2.05) is 0 Å². The quantitative estimate of drug-likeness (QED) is 0.855. The van der Waals surface area contributed by atoms with Crippen LogP contribution in [0.25, 0.3) is 0 Å². The molecule has 1 amide bonds. The maximum atomic E-state index is 12.5. The van der Waals surface area contributed by atoms with Gasteiger partial charge in [0.15, 0.2) is 0 Å². The van der Waals surface area contributed by atoms with Crippen molar-refractivity contribution in [3.63, 3.8) is 0 Å². The molecule has 10 heteroatoms. The Morgan fingerprint density at radius 2 is 1.81 bits per heavy atom. The van der Waals surface area contributed by atoms with Crippen LogP contribution in [-0.2, 0) is 21.2 Å². The molecule has 2 aromatic carbocycles. The lowest BCUT2D eigenvalue weighted by molar-refractivity contribution is -0.274. The zero-order chi connectivity index (χ0) is 19.8. The summed E-state index contributed by atoms with van der Waals surface area (Å²) in [6.07, 6.45) is -4.17. The standard InChI is InChI=1S/C17H15F3N2O4S/c1-11(23)22-9-8-12-2-3-13(10-16(12)22)21-27(24,25)15-6-4-14(5-7-15)26-17(18,19)20/h2-7,10,21H,8-9H2,1H3. The van der Waals surface area contributed by atoms with Gasteiger partial charge >= 0.3 is 6.36 Å². The van der Waals surface area contributed by atoms with Crippen LogP contribution in [0.1, 0.15) is 12.5 Å². The number of anilines is 2. The summed E-state index contributed by atoms with van der Waals surface area (Å²) in [6.45, 7) is 1.96. The van der Waals surface area contributed by atoms with Crippen molar-refractivity contribution >= 4 is 27.3 Å². The highest BCUT2D eigenvalue weighted by atomic mass is 32.2. The fourth-order valence-corrected chi connectivity index (χ4v) is 3.85.